The summed E-state index contributed by atoms with van der Waals surface area (Å²) in [5.74, 6) is 1.72. The van der Waals surface area contributed by atoms with E-state index in [-0.39, 0.29) is 0 Å². The van der Waals surface area contributed by atoms with E-state index in [2.05, 4.69) is 102 Å². The maximum atomic E-state index is 4.73. The molecule has 0 saturated carbocycles. The predicted molar refractivity (Wildman–Crippen MR) is 210 cm³/mol. The minimum Gasteiger partial charge on any atom is -0.353 e. The van der Waals surface area contributed by atoms with Crippen molar-refractivity contribution in [2.45, 2.75) is 0 Å². The van der Waals surface area contributed by atoms with Crippen LogP contribution in [0, 0.1) is 0 Å². The highest BCUT2D eigenvalue weighted by molar-refractivity contribution is 7.49. The van der Waals surface area contributed by atoms with Gasteiger partial charge < -0.3 is 20.6 Å². The van der Waals surface area contributed by atoms with E-state index in [0.717, 1.165) is 45.8 Å². The summed E-state index contributed by atoms with van der Waals surface area (Å²) in [5.41, 5.74) is 6.14. The van der Waals surface area contributed by atoms with E-state index < -0.39 is 0 Å². The van der Waals surface area contributed by atoms with Crippen LogP contribution in [-0.4, -0.2) is 9.97 Å². The second-order valence-corrected chi connectivity index (χ2v) is 12.6. The fraction of sp³-hybridized carbons (Fsp3) is 0. The zero-order valence-corrected chi connectivity index (χ0v) is 28.4. The van der Waals surface area contributed by atoms with Gasteiger partial charge in [-0.3, -0.25) is 0 Å². The van der Waals surface area contributed by atoms with Crippen LogP contribution in [0.2, 0.25) is 0 Å². The first-order valence-corrected chi connectivity index (χ1v) is 17.1. The molecular weight excluding hydrogens is 626 g/mol. The van der Waals surface area contributed by atoms with Crippen molar-refractivity contribution in [1.29, 1.82) is 0 Å². The molecule has 0 aliphatic rings. The number of para-hydroxylation sites is 4. The van der Waals surface area contributed by atoms with Crippen LogP contribution in [0.3, 0.4) is 0 Å². The average Bonchev–Trinajstić information content (AvgIpc) is 3.15. The topological polar surface area (TPSA) is 65.1 Å². The van der Waals surface area contributed by atoms with E-state index in [4.69, 9.17) is 4.98 Å². The summed E-state index contributed by atoms with van der Waals surface area (Å²) in [4.78, 5) is 9.13. The molecule has 0 saturated heterocycles. The first-order chi connectivity index (χ1) is 23.7. The summed E-state index contributed by atoms with van der Waals surface area (Å²) in [6.45, 7) is 0. The third-order valence-electron chi connectivity index (χ3n) is 7.11. The van der Waals surface area contributed by atoms with Gasteiger partial charge in [0.1, 0.15) is 0 Å². The minimum absolute atomic E-state index is 0.425. The Hall–Kier alpha value is -5.54. The third kappa shape index (κ3) is 9.27. The van der Waals surface area contributed by atoms with Crippen LogP contribution < -0.4 is 31.2 Å². The van der Waals surface area contributed by atoms with Crippen LogP contribution in [-0.2, 0) is 0 Å². The highest BCUT2D eigenvalue weighted by Gasteiger charge is 2.16. The van der Waals surface area contributed by atoms with Crippen molar-refractivity contribution >= 4 is 74.3 Å². The molecule has 0 aliphatic heterocycles. The first-order valence-electron chi connectivity index (χ1n) is 15.5. The van der Waals surface area contributed by atoms with Crippen LogP contribution in [0.1, 0.15) is 0 Å². The number of aromatic nitrogens is 2. The summed E-state index contributed by atoms with van der Waals surface area (Å²) < 4.78 is 2.27. The Kier molecular flexibility index (Phi) is 11.4. The van der Waals surface area contributed by atoms with Gasteiger partial charge >= 0.3 is 0 Å². The lowest BCUT2D eigenvalue weighted by Crippen LogP contribution is -2.14. The van der Waals surface area contributed by atoms with Gasteiger partial charge in [0, 0.05) is 43.9 Å². The van der Waals surface area contributed by atoms with Gasteiger partial charge in [-0.15, -0.1) is 9.24 Å². The van der Waals surface area contributed by atoms with Gasteiger partial charge in [0.25, 0.3) is 0 Å². The van der Waals surface area contributed by atoms with Gasteiger partial charge in [0.15, 0.2) is 11.6 Å². The van der Waals surface area contributed by atoms with Gasteiger partial charge in [0.05, 0.1) is 11.4 Å². The van der Waals surface area contributed by atoms with Crippen LogP contribution in [0.4, 0.5) is 45.8 Å². The molecule has 2 unspecified atom stereocenters. The van der Waals surface area contributed by atoms with E-state index in [0.29, 0.717) is 8.73 Å². The lowest BCUT2D eigenvalue weighted by atomic mass is 10.3. The van der Waals surface area contributed by atoms with Crippen LogP contribution in [0.25, 0.3) is 0 Å². The number of rotatable bonds is 10. The van der Waals surface area contributed by atoms with E-state index in [1.165, 1.54) is 10.6 Å². The molecule has 0 spiro atoms. The lowest BCUT2D eigenvalue weighted by molar-refractivity contribution is 1.25. The molecule has 0 radical (unpaired) electrons. The second-order valence-electron chi connectivity index (χ2n) is 10.7. The molecule has 7 rings (SSSR count). The maximum Gasteiger partial charge on any atom is 0.160 e. The Balaban J connectivity index is 0.000000177. The van der Waals surface area contributed by atoms with Crippen LogP contribution in [0.5, 0.6) is 0 Å². The van der Waals surface area contributed by atoms with E-state index in [1.54, 1.807) is 6.20 Å². The Bertz CT molecular complexity index is 1920. The quantitative estimate of drug-likeness (QED) is 0.127. The highest BCUT2D eigenvalue weighted by atomic mass is 31.1. The van der Waals surface area contributed by atoms with Crippen molar-refractivity contribution in [2.75, 3.05) is 20.6 Å². The summed E-state index contributed by atoms with van der Waals surface area (Å²) in [6.07, 6.45) is 3.62. The minimum atomic E-state index is 0.425. The van der Waals surface area contributed by atoms with Gasteiger partial charge in [0.2, 0.25) is 0 Å². The summed E-state index contributed by atoms with van der Waals surface area (Å²) in [6, 6.07) is 57.2. The Morgan fingerprint density at radius 3 is 1.52 bits per heavy atom. The van der Waals surface area contributed by atoms with Crippen molar-refractivity contribution in [3.05, 3.63) is 182 Å². The number of benzene rings is 5. The number of pyridine rings is 2. The third-order valence-corrected chi connectivity index (χ3v) is 8.78. The summed E-state index contributed by atoms with van der Waals surface area (Å²) in [5, 5.41) is 12.6. The zero-order valence-electron chi connectivity index (χ0n) is 26.2. The smallest absolute Gasteiger partial charge is 0.160 e. The van der Waals surface area contributed by atoms with Crippen molar-refractivity contribution in [2.24, 2.45) is 0 Å². The van der Waals surface area contributed by atoms with Crippen LogP contribution in [0.15, 0.2) is 182 Å². The van der Waals surface area contributed by atoms with Crippen LogP contribution >= 0.6 is 18.0 Å². The number of hydrogen-bond donors (Lipinski definition) is 3. The molecule has 3 N–H and O–H groups in total. The van der Waals surface area contributed by atoms with Gasteiger partial charge in [-0.05, 0) is 83.4 Å². The molecule has 2 atom stereocenters. The first kappa shape index (κ1) is 32.4. The predicted octanol–water partition coefficient (Wildman–Crippen LogP) is 9.95. The van der Waals surface area contributed by atoms with Crippen molar-refractivity contribution in [3.8, 4) is 0 Å². The molecule has 0 aliphatic carbocycles. The average molecular weight is 663 g/mol. The molecule has 6 nitrogen and oxygen atoms in total. The monoisotopic (exact) mass is 662 g/mol. The zero-order chi connectivity index (χ0) is 32.8. The van der Waals surface area contributed by atoms with Gasteiger partial charge in [-0.25, -0.2) is 9.97 Å². The lowest BCUT2D eigenvalue weighted by Gasteiger charge is -2.26. The Labute approximate surface area is 286 Å². The molecular formula is C40H36N6P2. The second kappa shape index (κ2) is 16.9. The molecule has 2 aromatic heterocycles. The molecule has 48 heavy (non-hydrogen) atoms. The standard InChI is InChI=1S/C23H21N3P2.C17H15N3/c27-20-13-15-21(16-14-20)28-26(19-10-5-2-6-11-19)23-22(12-7-17-24-23)25-18-8-3-1-4-9-18;1-3-8-14(9-4-1)19-16-12-7-13-18-17(16)20-15-10-5-2-6-11-15/h1-17,25,28H,27H2;1-13,19H,(H,18,20). The fourth-order valence-corrected chi connectivity index (χ4v) is 6.12. The summed E-state index contributed by atoms with van der Waals surface area (Å²) in [7, 11) is 3.16. The van der Waals surface area contributed by atoms with Crippen molar-refractivity contribution < 1.29 is 0 Å². The number of nitrogens with one attached hydrogen (secondary N) is 3. The van der Waals surface area contributed by atoms with Crippen molar-refractivity contribution in [1.82, 2.24) is 9.97 Å². The Morgan fingerprint density at radius 2 is 0.938 bits per heavy atom. The van der Waals surface area contributed by atoms with E-state index in [1.807, 2.05) is 109 Å². The van der Waals surface area contributed by atoms with Gasteiger partial charge in [-0.1, -0.05) is 97.1 Å². The maximum absolute atomic E-state index is 4.73. The molecule has 236 valence electrons. The molecule has 8 heteroatoms. The molecule has 0 fully saturated rings. The number of hydrogen-bond acceptors (Lipinski definition) is 6. The van der Waals surface area contributed by atoms with Crippen molar-refractivity contribution in [3.63, 3.8) is 0 Å². The molecule has 2 heterocycles. The SMILES string of the molecule is Pc1ccc(PN(c2ccccc2)c2ncccc2Nc2ccccc2)cc1.c1ccc(Nc2cccnc2Nc2ccccc2)cc1. The normalized spacial score (nSPS) is 10.5. The molecule has 5 aromatic carbocycles. The van der Waals surface area contributed by atoms with Gasteiger partial charge in [-0.2, -0.15) is 0 Å². The molecule has 0 bridgehead atoms. The Morgan fingerprint density at radius 1 is 0.458 bits per heavy atom. The largest absolute Gasteiger partial charge is 0.353 e. The fourth-order valence-electron chi connectivity index (χ4n) is 4.79. The van der Waals surface area contributed by atoms with E-state index >= 15 is 0 Å². The summed E-state index contributed by atoms with van der Waals surface area (Å²) >= 11 is 0. The van der Waals surface area contributed by atoms with E-state index in [9.17, 15) is 0 Å². The molecule has 7 aromatic rings. The number of nitrogens with zero attached hydrogens (tertiary/aromatic N) is 3. The number of anilines is 8. The highest BCUT2D eigenvalue weighted by Crippen LogP contribution is 2.39. The molecule has 0 amide bonds.